The molecule has 0 fully saturated rings. The molecule has 1 heterocycles. The fourth-order valence-corrected chi connectivity index (χ4v) is 2.63. The molecule has 0 amide bonds. The molecule has 0 saturated carbocycles. The first-order valence-electron chi connectivity index (χ1n) is 6.00. The molecule has 0 aliphatic carbocycles. The highest BCUT2D eigenvalue weighted by Crippen LogP contribution is 2.36. The molecule has 1 aromatic heterocycles. The van der Waals surface area contributed by atoms with Gasteiger partial charge in [0.25, 0.3) is 0 Å². The van der Waals surface area contributed by atoms with Gasteiger partial charge in [-0.2, -0.15) is 0 Å². The second kappa shape index (κ2) is 7.20. The average Bonchev–Trinajstić information content (AvgIpc) is 2.47. The predicted molar refractivity (Wildman–Crippen MR) is 88.8 cm³/mol. The molecule has 4 nitrogen and oxygen atoms in total. The van der Waals surface area contributed by atoms with Crippen LogP contribution >= 0.6 is 39.1 Å². The summed E-state index contributed by atoms with van der Waals surface area (Å²) >= 11 is 15.6. The quantitative estimate of drug-likeness (QED) is 0.744. The van der Waals surface area contributed by atoms with E-state index >= 15 is 0 Å². The van der Waals surface area contributed by atoms with E-state index in [2.05, 4.69) is 26.2 Å². The van der Waals surface area contributed by atoms with Crippen LogP contribution in [0.3, 0.4) is 0 Å². The van der Waals surface area contributed by atoms with Gasteiger partial charge in [0.1, 0.15) is 0 Å². The Hall–Kier alpha value is -1.17. The van der Waals surface area contributed by atoms with E-state index in [0.29, 0.717) is 28.2 Å². The number of benzene rings is 1. The highest BCUT2D eigenvalue weighted by Gasteiger charge is 2.11. The lowest BCUT2D eigenvalue weighted by Gasteiger charge is -2.13. The number of hydrogen-bond donors (Lipinski definition) is 1. The molecule has 0 aliphatic heterocycles. The van der Waals surface area contributed by atoms with Crippen LogP contribution in [-0.4, -0.2) is 19.2 Å². The summed E-state index contributed by atoms with van der Waals surface area (Å²) in [4.78, 5) is 4.05. The molecule has 112 valence electrons. The first kappa shape index (κ1) is 16.2. The number of hydrogen-bond acceptors (Lipinski definition) is 4. The minimum absolute atomic E-state index is 0.407. The molecule has 1 N–H and O–H groups in total. The first-order chi connectivity index (χ1) is 10.0. The van der Waals surface area contributed by atoms with E-state index in [1.807, 2.05) is 18.2 Å². The maximum Gasteiger partial charge on any atom is 0.179 e. The van der Waals surface area contributed by atoms with Crippen LogP contribution in [0.5, 0.6) is 11.5 Å². The van der Waals surface area contributed by atoms with E-state index in [4.69, 9.17) is 32.7 Å². The van der Waals surface area contributed by atoms with E-state index in [-0.39, 0.29) is 0 Å². The maximum absolute atomic E-state index is 6.17. The third-order valence-electron chi connectivity index (χ3n) is 2.78. The summed E-state index contributed by atoms with van der Waals surface area (Å²) in [6.45, 7) is 0.526. The van der Waals surface area contributed by atoms with Crippen molar-refractivity contribution in [3.8, 4) is 11.5 Å². The number of rotatable bonds is 5. The molecular weight excluding hydrogens is 379 g/mol. The average molecular weight is 392 g/mol. The summed E-state index contributed by atoms with van der Waals surface area (Å²) in [6.07, 6.45) is 1.64. The number of nitrogens with one attached hydrogen (secondary N) is 1. The second-order valence-electron chi connectivity index (χ2n) is 4.16. The lowest BCUT2D eigenvalue weighted by Crippen LogP contribution is -2.02. The monoisotopic (exact) mass is 390 g/mol. The van der Waals surface area contributed by atoms with Crippen LogP contribution in [0.4, 0.5) is 5.69 Å². The molecule has 1 aromatic carbocycles. The normalized spacial score (nSPS) is 10.3. The summed E-state index contributed by atoms with van der Waals surface area (Å²) in [5, 5.41) is 4.11. The maximum atomic E-state index is 6.17. The third kappa shape index (κ3) is 3.93. The standard InChI is InChI=1S/C14H13BrCl2N2O2/c1-20-12-4-8(3-10(16)13(12)21-2)6-18-11-5-9(15)7-19-14(11)17/h3-5,7,18H,6H2,1-2H3. The predicted octanol–water partition coefficient (Wildman–Crippen LogP) is 4.78. The number of pyridine rings is 1. The van der Waals surface area contributed by atoms with Crippen LogP contribution in [-0.2, 0) is 6.54 Å². The largest absolute Gasteiger partial charge is 0.493 e. The molecule has 0 atom stereocenters. The molecule has 2 rings (SSSR count). The zero-order chi connectivity index (χ0) is 15.4. The van der Waals surface area contributed by atoms with Gasteiger partial charge in [-0.3, -0.25) is 0 Å². The number of methoxy groups -OCH3 is 2. The van der Waals surface area contributed by atoms with Gasteiger partial charge < -0.3 is 14.8 Å². The summed E-state index contributed by atoms with van der Waals surface area (Å²) < 4.78 is 11.3. The van der Waals surface area contributed by atoms with Crippen molar-refractivity contribution in [2.45, 2.75) is 6.54 Å². The molecule has 0 aliphatic rings. The van der Waals surface area contributed by atoms with Gasteiger partial charge in [-0.25, -0.2) is 4.98 Å². The Morgan fingerprint density at radius 3 is 2.62 bits per heavy atom. The fraction of sp³-hybridized carbons (Fsp3) is 0.214. The number of ether oxygens (including phenoxy) is 2. The van der Waals surface area contributed by atoms with E-state index in [0.717, 1.165) is 15.7 Å². The van der Waals surface area contributed by atoms with Crippen LogP contribution < -0.4 is 14.8 Å². The van der Waals surface area contributed by atoms with Crippen LogP contribution in [0.15, 0.2) is 28.9 Å². The lowest BCUT2D eigenvalue weighted by molar-refractivity contribution is 0.355. The van der Waals surface area contributed by atoms with Gasteiger partial charge in [0.05, 0.1) is 24.9 Å². The lowest BCUT2D eigenvalue weighted by atomic mass is 10.2. The third-order valence-corrected chi connectivity index (χ3v) is 3.80. The van der Waals surface area contributed by atoms with Gasteiger partial charge in [0.15, 0.2) is 16.7 Å². The first-order valence-corrected chi connectivity index (χ1v) is 7.55. The molecule has 2 aromatic rings. The molecule has 7 heteroatoms. The zero-order valence-corrected chi connectivity index (χ0v) is 14.5. The van der Waals surface area contributed by atoms with Crippen LogP contribution in [0.1, 0.15) is 5.56 Å². The van der Waals surface area contributed by atoms with Gasteiger partial charge in [-0.1, -0.05) is 23.2 Å². The van der Waals surface area contributed by atoms with Crippen molar-refractivity contribution in [2.24, 2.45) is 0 Å². The van der Waals surface area contributed by atoms with Crippen molar-refractivity contribution < 1.29 is 9.47 Å². The van der Waals surface area contributed by atoms with Crippen LogP contribution in [0.25, 0.3) is 0 Å². The van der Waals surface area contributed by atoms with Crippen molar-refractivity contribution >= 4 is 44.8 Å². The minimum atomic E-state index is 0.407. The topological polar surface area (TPSA) is 43.4 Å². The number of halogens is 3. The summed E-state index contributed by atoms with van der Waals surface area (Å²) in [7, 11) is 3.12. The van der Waals surface area contributed by atoms with Gasteiger partial charge >= 0.3 is 0 Å². The number of aromatic nitrogens is 1. The SMILES string of the molecule is COc1cc(CNc2cc(Br)cnc2Cl)cc(Cl)c1OC. The smallest absolute Gasteiger partial charge is 0.179 e. The van der Waals surface area contributed by atoms with Gasteiger partial charge in [-0.15, -0.1) is 0 Å². The highest BCUT2D eigenvalue weighted by molar-refractivity contribution is 9.10. The molecular formula is C14H13BrCl2N2O2. The summed E-state index contributed by atoms with van der Waals surface area (Å²) in [6, 6.07) is 5.53. The Bertz CT molecular complexity index is 653. The second-order valence-corrected chi connectivity index (χ2v) is 5.84. The van der Waals surface area contributed by atoms with Crippen molar-refractivity contribution in [3.05, 3.63) is 44.6 Å². The molecule has 21 heavy (non-hydrogen) atoms. The van der Waals surface area contributed by atoms with Gasteiger partial charge in [0.2, 0.25) is 0 Å². The Morgan fingerprint density at radius 2 is 1.95 bits per heavy atom. The van der Waals surface area contributed by atoms with Gasteiger partial charge in [-0.05, 0) is 39.7 Å². The number of anilines is 1. The van der Waals surface area contributed by atoms with Crippen molar-refractivity contribution in [1.82, 2.24) is 4.98 Å². The van der Waals surface area contributed by atoms with Crippen molar-refractivity contribution in [3.63, 3.8) is 0 Å². The Kier molecular flexibility index (Phi) is 5.56. The molecule has 0 radical (unpaired) electrons. The Labute approximate surface area is 141 Å². The molecule has 0 saturated heterocycles. The van der Waals surface area contributed by atoms with Crippen molar-refractivity contribution in [1.29, 1.82) is 0 Å². The Morgan fingerprint density at radius 1 is 1.19 bits per heavy atom. The van der Waals surface area contributed by atoms with Crippen molar-refractivity contribution in [2.75, 3.05) is 19.5 Å². The van der Waals surface area contributed by atoms with Gasteiger partial charge in [0, 0.05) is 17.2 Å². The molecule has 0 unspecified atom stereocenters. The van der Waals surface area contributed by atoms with E-state index in [1.165, 1.54) is 0 Å². The number of nitrogens with zero attached hydrogens (tertiary/aromatic N) is 1. The highest BCUT2D eigenvalue weighted by atomic mass is 79.9. The Balaban J connectivity index is 2.20. The fourth-order valence-electron chi connectivity index (χ4n) is 1.82. The summed E-state index contributed by atoms with van der Waals surface area (Å²) in [5.74, 6) is 1.10. The van der Waals surface area contributed by atoms with E-state index in [9.17, 15) is 0 Å². The minimum Gasteiger partial charge on any atom is -0.493 e. The van der Waals surface area contributed by atoms with Crippen LogP contribution in [0.2, 0.25) is 10.2 Å². The summed E-state index contributed by atoms with van der Waals surface area (Å²) in [5.41, 5.74) is 1.67. The molecule has 0 spiro atoms. The van der Waals surface area contributed by atoms with Crippen LogP contribution in [0, 0.1) is 0 Å². The molecule has 0 bridgehead atoms. The zero-order valence-electron chi connectivity index (χ0n) is 11.4. The van der Waals surface area contributed by atoms with E-state index < -0.39 is 0 Å². The van der Waals surface area contributed by atoms with E-state index in [1.54, 1.807) is 20.4 Å².